The summed E-state index contributed by atoms with van der Waals surface area (Å²) in [5, 5.41) is 0. The number of hydrazine groups is 1. The summed E-state index contributed by atoms with van der Waals surface area (Å²) in [7, 11) is 0. The summed E-state index contributed by atoms with van der Waals surface area (Å²) >= 11 is 0. The Balaban J connectivity index is 2.61. The molecule has 0 fully saturated rings. The van der Waals surface area contributed by atoms with E-state index < -0.39 is 5.91 Å². The zero-order valence-corrected chi connectivity index (χ0v) is 10.8. The zero-order valence-electron chi connectivity index (χ0n) is 10.8. The molecule has 18 heavy (non-hydrogen) atoms. The van der Waals surface area contributed by atoms with Gasteiger partial charge in [0, 0.05) is 18.0 Å². The van der Waals surface area contributed by atoms with E-state index in [1.54, 1.807) is 6.20 Å². The van der Waals surface area contributed by atoms with Gasteiger partial charge in [-0.15, -0.1) is 0 Å². The van der Waals surface area contributed by atoms with E-state index in [1.807, 2.05) is 5.43 Å². The number of rotatable bonds is 7. The molecule has 0 saturated carbocycles. The van der Waals surface area contributed by atoms with Crippen LogP contribution < -0.4 is 16.7 Å². The Morgan fingerprint density at radius 1 is 1.28 bits per heavy atom. The summed E-state index contributed by atoms with van der Waals surface area (Å²) in [5.74, 6) is 4.47. The lowest BCUT2D eigenvalue weighted by atomic mass is 10.1. The van der Waals surface area contributed by atoms with E-state index in [-0.39, 0.29) is 11.0 Å². The molecule has 5 heteroatoms. The van der Waals surface area contributed by atoms with Gasteiger partial charge in [-0.3, -0.25) is 15.0 Å². The molecular weight excluding hydrogens is 230 g/mol. The Bertz CT molecular complexity index is 440. The molecule has 4 N–H and O–H groups in total. The van der Waals surface area contributed by atoms with Gasteiger partial charge in [0.2, 0.25) is 0 Å². The standard InChI is InChI=1S/C13H21N3O2/c1-2-3-4-5-6-7-10-8-15-9-11(12(10)17)13(18)16-14/h8-9H,2-7,14H2,1H3,(H,15,17)(H,16,18). The van der Waals surface area contributed by atoms with E-state index in [0.29, 0.717) is 12.0 Å². The molecule has 100 valence electrons. The van der Waals surface area contributed by atoms with Gasteiger partial charge in [-0.05, 0) is 12.8 Å². The second-order valence-corrected chi connectivity index (χ2v) is 4.36. The van der Waals surface area contributed by atoms with Crippen LogP contribution in [0.2, 0.25) is 0 Å². The molecular formula is C13H21N3O2. The Kier molecular flexibility index (Phi) is 6.14. The first-order chi connectivity index (χ1) is 8.70. The van der Waals surface area contributed by atoms with Crippen molar-refractivity contribution in [3.63, 3.8) is 0 Å². The van der Waals surface area contributed by atoms with Crippen LogP contribution in [-0.2, 0) is 6.42 Å². The molecule has 1 aromatic heterocycles. The molecule has 1 rings (SSSR count). The molecule has 0 atom stereocenters. The third-order valence-corrected chi connectivity index (χ3v) is 2.95. The maximum Gasteiger partial charge on any atom is 0.270 e. The lowest BCUT2D eigenvalue weighted by Crippen LogP contribution is -2.34. The van der Waals surface area contributed by atoms with Crippen molar-refractivity contribution in [3.8, 4) is 0 Å². The van der Waals surface area contributed by atoms with Crippen LogP contribution in [0.25, 0.3) is 0 Å². The number of aryl methyl sites for hydroxylation is 1. The highest BCUT2D eigenvalue weighted by Gasteiger charge is 2.11. The number of amides is 1. The topological polar surface area (TPSA) is 88.0 Å². The number of pyridine rings is 1. The third-order valence-electron chi connectivity index (χ3n) is 2.95. The second kappa shape index (κ2) is 7.66. The first kappa shape index (κ1) is 14.4. The van der Waals surface area contributed by atoms with Crippen LogP contribution in [0, 0.1) is 0 Å². The minimum atomic E-state index is -0.552. The largest absolute Gasteiger partial charge is 0.366 e. The summed E-state index contributed by atoms with van der Waals surface area (Å²) in [4.78, 5) is 26.1. The first-order valence-corrected chi connectivity index (χ1v) is 6.41. The molecule has 0 unspecified atom stereocenters. The second-order valence-electron chi connectivity index (χ2n) is 4.36. The van der Waals surface area contributed by atoms with Crippen molar-refractivity contribution < 1.29 is 4.79 Å². The molecule has 0 radical (unpaired) electrons. The highest BCUT2D eigenvalue weighted by Crippen LogP contribution is 2.06. The number of nitrogen functional groups attached to an aromatic ring is 1. The van der Waals surface area contributed by atoms with Crippen LogP contribution in [0.4, 0.5) is 0 Å². The lowest BCUT2D eigenvalue weighted by molar-refractivity contribution is 0.0952. The van der Waals surface area contributed by atoms with Gasteiger partial charge in [0.25, 0.3) is 5.91 Å². The van der Waals surface area contributed by atoms with Gasteiger partial charge in [-0.25, -0.2) is 5.84 Å². The number of H-pyrrole nitrogens is 1. The molecule has 0 saturated heterocycles. The Labute approximate surface area is 107 Å². The average molecular weight is 251 g/mol. The summed E-state index contributed by atoms with van der Waals surface area (Å²) in [6.45, 7) is 2.17. The van der Waals surface area contributed by atoms with E-state index in [9.17, 15) is 9.59 Å². The Hall–Kier alpha value is -1.62. The van der Waals surface area contributed by atoms with Crippen molar-refractivity contribution in [1.29, 1.82) is 0 Å². The Morgan fingerprint density at radius 3 is 2.67 bits per heavy atom. The van der Waals surface area contributed by atoms with E-state index in [2.05, 4.69) is 11.9 Å². The number of hydrogen-bond acceptors (Lipinski definition) is 3. The normalized spacial score (nSPS) is 10.3. The molecule has 5 nitrogen and oxygen atoms in total. The van der Waals surface area contributed by atoms with E-state index in [0.717, 1.165) is 12.8 Å². The van der Waals surface area contributed by atoms with Crippen LogP contribution in [0.3, 0.4) is 0 Å². The quantitative estimate of drug-likeness (QED) is 0.297. The zero-order chi connectivity index (χ0) is 13.4. The molecule has 1 heterocycles. The van der Waals surface area contributed by atoms with Crippen LogP contribution in [-0.4, -0.2) is 10.9 Å². The molecule has 0 aliphatic heterocycles. The summed E-state index contributed by atoms with van der Waals surface area (Å²) in [6.07, 6.45) is 9.44. The maximum atomic E-state index is 12.0. The highest BCUT2D eigenvalue weighted by atomic mass is 16.2. The van der Waals surface area contributed by atoms with Gasteiger partial charge in [-0.1, -0.05) is 32.6 Å². The van der Waals surface area contributed by atoms with Crippen LogP contribution in [0.15, 0.2) is 17.2 Å². The van der Waals surface area contributed by atoms with Gasteiger partial charge >= 0.3 is 0 Å². The number of nitrogens with two attached hydrogens (primary N) is 1. The van der Waals surface area contributed by atoms with Gasteiger partial charge in [0.1, 0.15) is 5.56 Å². The van der Waals surface area contributed by atoms with Gasteiger partial charge in [0.15, 0.2) is 5.43 Å². The number of unbranched alkanes of at least 4 members (excludes halogenated alkanes) is 4. The van der Waals surface area contributed by atoms with Crippen LogP contribution in [0.5, 0.6) is 0 Å². The van der Waals surface area contributed by atoms with E-state index in [1.165, 1.54) is 25.5 Å². The van der Waals surface area contributed by atoms with Crippen molar-refractivity contribution >= 4 is 5.91 Å². The Morgan fingerprint density at radius 2 is 2.00 bits per heavy atom. The summed E-state index contributed by atoms with van der Waals surface area (Å²) in [6, 6.07) is 0. The SMILES string of the molecule is CCCCCCCc1c[nH]cc(C(=O)NN)c1=O. The molecule has 0 bridgehead atoms. The van der Waals surface area contributed by atoms with E-state index >= 15 is 0 Å². The van der Waals surface area contributed by atoms with Crippen molar-refractivity contribution in [2.45, 2.75) is 45.4 Å². The molecule has 1 amide bonds. The number of carbonyl (C=O) groups is 1. The van der Waals surface area contributed by atoms with Crippen LogP contribution in [0.1, 0.15) is 54.9 Å². The van der Waals surface area contributed by atoms with Crippen molar-refractivity contribution in [3.05, 3.63) is 33.7 Å². The predicted octanol–water partition coefficient (Wildman–Crippen LogP) is 1.49. The number of hydrogen-bond donors (Lipinski definition) is 3. The first-order valence-electron chi connectivity index (χ1n) is 6.41. The monoisotopic (exact) mass is 251 g/mol. The third kappa shape index (κ3) is 4.00. The van der Waals surface area contributed by atoms with Gasteiger partial charge < -0.3 is 4.98 Å². The van der Waals surface area contributed by atoms with Gasteiger partial charge in [0.05, 0.1) is 0 Å². The highest BCUT2D eigenvalue weighted by molar-refractivity contribution is 5.93. The van der Waals surface area contributed by atoms with Crippen molar-refractivity contribution in [2.75, 3.05) is 0 Å². The molecule has 0 aliphatic rings. The number of nitrogens with one attached hydrogen (secondary N) is 2. The van der Waals surface area contributed by atoms with Gasteiger partial charge in [-0.2, -0.15) is 0 Å². The minimum absolute atomic E-state index is 0.0727. The van der Waals surface area contributed by atoms with Crippen molar-refractivity contribution in [2.24, 2.45) is 5.84 Å². The minimum Gasteiger partial charge on any atom is -0.366 e. The van der Waals surface area contributed by atoms with Crippen molar-refractivity contribution in [1.82, 2.24) is 10.4 Å². The van der Waals surface area contributed by atoms with E-state index in [4.69, 9.17) is 5.84 Å². The molecule has 0 spiro atoms. The molecule has 0 aromatic carbocycles. The number of aromatic amines is 1. The fourth-order valence-corrected chi connectivity index (χ4v) is 1.88. The fraction of sp³-hybridized carbons (Fsp3) is 0.538. The lowest BCUT2D eigenvalue weighted by Gasteiger charge is -2.03. The number of aromatic nitrogens is 1. The maximum absolute atomic E-state index is 12.0. The fourth-order valence-electron chi connectivity index (χ4n) is 1.88. The smallest absolute Gasteiger partial charge is 0.270 e. The number of carbonyl (C=O) groups excluding carboxylic acids is 1. The van der Waals surface area contributed by atoms with Crippen LogP contribution >= 0.6 is 0 Å². The molecule has 0 aliphatic carbocycles. The summed E-state index contributed by atoms with van der Waals surface area (Å²) in [5.41, 5.74) is 2.46. The molecule has 1 aromatic rings. The summed E-state index contributed by atoms with van der Waals surface area (Å²) < 4.78 is 0. The predicted molar refractivity (Wildman–Crippen MR) is 71.2 cm³/mol. The average Bonchev–Trinajstić information content (AvgIpc) is 2.39.